The van der Waals surface area contributed by atoms with Crippen molar-refractivity contribution in [1.29, 1.82) is 0 Å². The number of nitrogens with zero attached hydrogens (tertiary/aromatic N) is 1. The molecule has 0 unspecified atom stereocenters. The SMILES string of the molecule is CC1=C(O)[C@@]2([C@@H](O)C(C)C)CO[C@H](C(C)(C)C)N2C1=O. The lowest BCUT2D eigenvalue weighted by Crippen LogP contribution is -2.59. The van der Waals surface area contributed by atoms with Crippen LogP contribution in [-0.2, 0) is 9.53 Å². The zero-order valence-electron chi connectivity index (χ0n) is 13.1. The lowest BCUT2D eigenvalue weighted by molar-refractivity contribution is -0.144. The molecule has 2 N–H and O–H groups in total. The number of amides is 1. The van der Waals surface area contributed by atoms with Gasteiger partial charge in [-0.25, -0.2) is 0 Å². The Morgan fingerprint density at radius 2 is 1.95 bits per heavy atom. The summed E-state index contributed by atoms with van der Waals surface area (Å²) in [5, 5.41) is 21.1. The maximum atomic E-state index is 12.5. The van der Waals surface area contributed by atoms with Crippen LogP contribution in [0.1, 0.15) is 41.5 Å². The molecule has 5 nitrogen and oxygen atoms in total. The molecule has 0 spiro atoms. The van der Waals surface area contributed by atoms with Crippen LogP contribution in [0.5, 0.6) is 0 Å². The lowest BCUT2D eigenvalue weighted by atomic mass is 9.83. The molecular formula is C15H25NO4. The third kappa shape index (κ3) is 1.79. The van der Waals surface area contributed by atoms with Crippen molar-refractivity contribution in [3.63, 3.8) is 0 Å². The van der Waals surface area contributed by atoms with Crippen LogP contribution in [0.4, 0.5) is 0 Å². The lowest BCUT2D eigenvalue weighted by Gasteiger charge is -2.41. The van der Waals surface area contributed by atoms with E-state index in [2.05, 4.69) is 0 Å². The number of rotatable bonds is 2. The molecule has 2 aliphatic rings. The molecule has 2 rings (SSSR count). The summed E-state index contributed by atoms with van der Waals surface area (Å²) >= 11 is 0. The van der Waals surface area contributed by atoms with Crippen molar-refractivity contribution in [3.05, 3.63) is 11.3 Å². The molecule has 3 atom stereocenters. The average molecular weight is 283 g/mol. The number of hydrogen-bond acceptors (Lipinski definition) is 4. The topological polar surface area (TPSA) is 70.0 Å². The zero-order chi connectivity index (χ0) is 15.5. The number of carbonyl (C=O) groups is 1. The van der Waals surface area contributed by atoms with E-state index >= 15 is 0 Å². The molecule has 0 radical (unpaired) electrons. The molecular weight excluding hydrogens is 258 g/mol. The van der Waals surface area contributed by atoms with Gasteiger partial charge < -0.3 is 14.9 Å². The first-order chi connectivity index (χ1) is 9.05. The summed E-state index contributed by atoms with van der Waals surface area (Å²) in [5.74, 6) is -0.393. The number of aliphatic hydroxyl groups is 2. The number of aliphatic hydroxyl groups excluding tert-OH is 2. The van der Waals surface area contributed by atoms with E-state index in [0.29, 0.717) is 5.57 Å². The van der Waals surface area contributed by atoms with E-state index in [4.69, 9.17) is 4.74 Å². The van der Waals surface area contributed by atoms with Crippen molar-refractivity contribution in [2.75, 3.05) is 6.61 Å². The number of ether oxygens (including phenoxy) is 1. The van der Waals surface area contributed by atoms with Crippen LogP contribution < -0.4 is 0 Å². The van der Waals surface area contributed by atoms with Gasteiger partial charge in [-0.2, -0.15) is 0 Å². The fraction of sp³-hybridized carbons (Fsp3) is 0.800. The summed E-state index contributed by atoms with van der Waals surface area (Å²) < 4.78 is 5.80. The fourth-order valence-corrected chi connectivity index (χ4v) is 3.19. The Bertz CT molecular complexity index is 463. The quantitative estimate of drug-likeness (QED) is 0.811. The van der Waals surface area contributed by atoms with Crippen LogP contribution in [0.3, 0.4) is 0 Å². The van der Waals surface area contributed by atoms with Crippen LogP contribution in [0, 0.1) is 11.3 Å². The average Bonchev–Trinajstić information content (AvgIpc) is 2.82. The normalized spacial score (nSPS) is 32.3. The fourth-order valence-electron chi connectivity index (χ4n) is 3.19. The van der Waals surface area contributed by atoms with Crippen LogP contribution in [0.25, 0.3) is 0 Å². The van der Waals surface area contributed by atoms with Gasteiger partial charge in [-0.3, -0.25) is 9.69 Å². The molecule has 0 bridgehead atoms. The summed E-state index contributed by atoms with van der Waals surface area (Å²) in [5.41, 5.74) is -1.12. The molecule has 1 fully saturated rings. The van der Waals surface area contributed by atoms with Crippen LogP contribution in [-0.4, -0.2) is 45.5 Å². The summed E-state index contributed by atoms with van der Waals surface area (Å²) in [4.78, 5) is 14.0. The molecule has 2 heterocycles. The molecule has 1 amide bonds. The van der Waals surface area contributed by atoms with Gasteiger partial charge in [0.1, 0.15) is 12.0 Å². The van der Waals surface area contributed by atoms with E-state index in [0.717, 1.165) is 0 Å². The van der Waals surface area contributed by atoms with Crippen molar-refractivity contribution < 1.29 is 19.7 Å². The Hall–Kier alpha value is -1.07. The predicted molar refractivity (Wildman–Crippen MR) is 74.9 cm³/mol. The molecule has 20 heavy (non-hydrogen) atoms. The molecule has 0 aromatic heterocycles. The van der Waals surface area contributed by atoms with Crippen molar-refractivity contribution in [2.45, 2.75) is 59.4 Å². The molecule has 0 saturated carbocycles. The highest BCUT2D eigenvalue weighted by Gasteiger charge is 2.64. The van der Waals surface area contributed by atoms with Gasteiger partial charge in [-0.15, -0.1) is 0 Å². The minimum Gasteiger partial charge on any atom is -0.509 e. The van der Waals surface area contributed by atoms with Gasteiger partial charge in [0.25, 0.3) is 5.91 Å². The van der Waals surface area contributed by atoms with E-state index in [-0.39, 0.29) is 29.6 Å². The third-order valence-electron chi connectivity index (χ3n) is 4.29. The Morgan fingerprint density at radius 1 is 1.40 bits per heavy atom. The first-order valence-corrected chi connectivity index (χ1v) is 7.08. The zero-order valence-corrected chi connectivity index (χ0v) is 13.1. The highest BCUT2D eigenvalue weighted by molar-refractivity contribution is 5.98. The monoisotopic (exact) mass is 283 g/mol. The van der Waals surface area contributed by atoms with Gasteiger partial charge in [0.2, 0.25) is 0 Å². The summed E-state index contributed by atoms with van der Waals surface area (Å²) in [6.07, 6.45) is -1.32. The van der Waals surface area contributed by atoms with Gasteiger partial charge in [0.05, 0.1) is 18.3 Å². The van der Waals surface area contributed by atoms with E-state index in [1.165, 1.54) is 0 Å². The highest BCUT2D eigenvalue weighted by atomic mass is 16.5. The van der Waals surface area contributed by atoms with Crippen molar-refractivity contribution in [2.24, 2.45) is 11.3 Å². The summed E-state index contributed by atoms with van der Waals surface area (Å²) in [6, 6.07) is 0. The Kier molecular flexibility index (Phi) is 3.42. The molecule has 5 heteroatoms. The second kappa shape index (κ2) is 4.46. The predicted octanol–water partition coefficient (Wildman–Crippen LogP) is 1.82. The number of carbonyl (C=O) groups excluding carboxylic acids is 1. The second-order valence-corrected chi connectivity index (χ2v) is 7.29. The van der Waals surface area contributed by atoms with Crippen molar-refractivity contribution in [3.8, 4) is 0 Å². The summed E-state index contributed by atoms with van der Waals surface area (Å²) in [7, 11) is 0. The largest absolute Gasteiger partial charge is 0.509 e. The molecule has 2 aliphatic heterocycles. The first-order valence-electron chi connectivity index (χ1n) is 7.08. The van der Waals surface area contributed by atoms with Gasteiger partial charge >= 0.3 is 0 Å². The highest BCUT2D eigenvalue weighted by Crippen LogP contribution is 2.48. The van der Waals surface area contributed by atoms with Gasteiger partial charge in [0, 0.05) is 5.41 Å². The minimum absolute atomic E-state index is 0.0459. The Labute approximate surface area is 120 Å². The summed E-state index contributed by atoms with van der Waals surface area (Å²) in [6.45, 7) is 11.4. The molecule has 0 aromatic carbocycles. The van der Waals surface area contributed by atoms with Crippen LogP contribution >= 0.6 is 0 Å². The Balaban J connectivity index is 2.55. The van der Waals surface area contributed by atoms with Crippen molar-refractivity contribution in [1.82, 2.24) is 4.90 Å². The van der Waals surface area contributed by atoms with Crippen molar-refractivity contribution >= 4 is 5.91 Å². The maximum Gasteiger partial charge on any atom is 0.256 e. The number of hydrogen-bond donors (Lipinski definition) is 2. The van der Waals surface area contributed by atoms with Crippen LogP contribution in [0.2, 0.25) is 0 Å². The van der Waals surface area contributed by atoms with E-state index in [1.807, 2.05) is 34.6 Å². The van der Waals surface area contributed by atoms with Gasteiger partial charge in [0.15, 0.2) is 5.54 Å². The first kappa shape index (κ1) is 15.3. The number of fused-ring (bicyclic) bond motifs is 1. The minimum atomic E-state index is -1.13. The van der Waals surface area contributed by atoms with E-state index in [1.54, 1.807) is 11.8 Å². The molecule has 114 valence electrons. The van der Waals surface area contributed by atoms with Gasteiger partial charge in [-0.05, 0) is 12.8 Å². The Morgan fingerprint density at radius 3 is 2.40 bits per heavy atom. The maximum absolute atomic E-state index is 12.5. The third-order valence-corrected chi connectivity index (χ3v) is 4.29. The van der Waals surface area contributed by atoms with Crippen LogP contribution in [0.15, 0.2) is 11.3 Å². The molecule has 0 aromatic rings. The molecule has 0 aliphatic carbocycles. The van der Waals surface area contributed by atoms with E-state index < -0.39 is 17.9 Å². The smallest absolute Gasteiger partial charge is 0.256 e. The molecule has 1 saturated heterocycles. The van der Waals surface area contributed by atoms with Gasteiger partial charge in [-0.1, -0.05) is 34.6 Å². The second-order valence-electron chi connectivity index (χ2n) is 7.29. The van der Waals surface area contributed by atoms with E-state index in [9.17, 15) is 15.0 Å². The standard InChI is InChI=1S/C15H25NO4/c1-8(2)10(17)15-7-20-13(14(4,5)6)16(15)12(19)9(3)11(15)18/h8,10,13,17-18H,7H2,1-6H3/t10-,13+,15-/m0/s1.